The summed E-state index contributed by atoms with van der Waals surface area (Å²) in [6.07, 6.45) is 5.31. The molecule has 208 valence electrons. The maximum atomic E-state index is 14.8. The SMILES string of the molecule is COC(CCCN(C)C(=O)c1ncc(C(CC2(OC)CC2)c2ccccc2)[nH]1)c1c(NC=O)ccc(Cl)c1F. The number of H-pyrrole nitrogens is 1. The molecule has 1 aliphatic rings. The van der Waals surface area contributed by atoms with Crippen molar-refractivity contribution < 1.29 is 23.5 Å². The van der Waals surface area contributed by atoms with Gasteiger partial charge in [0.2, 0.25) is 6.41 Å². The summed E-state index contributed by atoms with van der Waals surface area (Å²) in [5, 5.41) is 2.44. The standard InChI is InChI=1S/C29H34ClFN4O4/c1-35(15-7-10-24(38-2)25-22(33-18-36)12-11-21(30)26(25)31)28(37)27-32-17-23(34-27)20(16-29(39-3)13-14-29)19-8-5-4-6-9-19/h4-6,8-9,11-12,17-18,20,24H,7,10,13-16H2,1-3H3,(H,32,34)(H,33,36). The summed E-state index contributed by atoms with van der Waals surface area (Å²) in [4.78, 5) is 33.4. The van der Waals surface area contributed by atoms with Gasteiger partial charge in [-0.2, -0.15) is 0 Å². The second kappa shape index (κ2) is 12.7. The van der Waals surface area contributed by atoms with Crippen molar-refractivity contribution in [3.8, 4) is 0 Å². The zero-order chi connectivity index (χ0) is 28.0. The minimum Gasteiger partial charge on any atom is -0.378 e. The van der Waals surface area contributed by atoms with E-state index in [9.17, 15) is 14.0 Å². The molecule has 1 fully saturated rings. The van der Waals surface area contributed by atoms with Gasteiger partial charge >= 0.3 is 0 Å². The van der Waals surface area contributed by atoms with Gasteiger partial charge in [0, 0.05) is 56.9 Å². The third kappa shape index (κ3) is 6.66. The molecule has 4 rings (SSSR count). The highest BCUT2D eigenvalue weighted by molar-refractivity contribution is 6.30. The van der Waals surface area contributed by atoms with Crippen LogP contribution in [-0.2, 0) is 14.3 Å². The van der Waals surface area contributed by atoms with E-state index in [4.69, 9.17) is 21.1 Å². The molecule has 2 amide bonds. The van der Waals surface area contributed by atoms with Crippen LogP contribution in [0.5, 0.6) is 0 Å². The van der Waals surface area contributed by atoms with Crippen molar-refractivity contribution in [2.75, 3.05) is 33.1 Å². The highest BCUT2D eigenvalue weighted by Crippen LogP contribution is 2.47. The summed E-state index contributed by atoms with van der Waals surface area (Å²) in [5.74, 6) is -0.598. The molecule has 2 unspecified atom stereocenters. The lowest BCUT2D eigenvalue weighted by atomic mass is 9.89. The number of aromatic amines is 1. The van der Waals surface area contributed by atoms with Gasteiger partial charge in [0.1, 0.15) is 5.82 Å². The third-order valence-corrected chi connectivity index (χ3v) is 7.74. The predicted octanol–water partition coefficient (Wildman–Crippen LogP) is 5.71. The normalized spacial score (nSPS) is 15.4. The third-order valence-electron chi connectivity index (χ3n) is 7.45. The Morgan fingerprint density at radius 2 is 2.00 bits per heavy atom. The first-order valence-corrected chi connectivity index (χ1v) is 13.3. The smallest absolute Gasteiger partial charge is 0.289 e. The molecule has 0 spiro atoms. The van der Waals surface area contributed by atoms with E-state index in [1.165, 1.54) is 19.2 Å². The van der Waals surface area contributed by atoms with Crippen LogP contribution in [0.2, 0.25) is 5.02 Å². The highest BCUT2D eigenvalue weighted by Gasteiger charge is 2.45. The molecule has 2 N–H and O–H groups in total. The van der Waals surface area contributed by atoms with Crippen LogP contribution in [0.4, 0.5) is 10.1 Å². The first-order valence-electron chi connectivity index (χ1n) is 12.9. The quantitative estimate of drug-likeness (QED) is 0.248. The second-order valence-electron chi connectivity index (χ2n) is 9.92. The van der Waals surface area contributed by atoms with E-state index < -0.39 is 11.9 Å². The van der Waals surface area contributed by atoms with Crippen molar-refractivity contribution >= 4 is 29.6 Å². The summed E-state index contributed by atoms with van der Waals surface area (Å²) in [6, 6.07) is 13.1. The van der Waals surface area contributed by atoms with Gasteiger partial charge in [-0.3, -0.25) is 9.59 Å². The fraction of sp³-hybridized carbons (Fsp3) is 0.414. The average molecular weight is 557 g/mol. The van der Waals surface area contributed by atoms with Crippen molar-refractivity contribution in [1.29, 1.82) is 0 Å². The van der Waals surface area contributed by atoms with Crippen LogP contribution in [0.25, 0.3) is 0 Å². The number of hydrogen-bond donors (Lipinski definition) is 2. The lowest BCUT2D eigenvalue weighted by molar-refractivity contribution is -0.105. The van der Waals surface area contributed by atoms with Gasteiger partial charge in [-0.15, -0.1) is 0 Å². The van der Waals surface area contributed by atoms with Crippen molar-refractivity contribution in [1.82, 2.24) is 14.9 Å². The topological polar surface area (TPSA) is 96.5 Å². The molecule has 0 aliphatic heterocycles. The molecule has 0 radical (unpaired) electrons. The monoisotopic (exact) mass is 556 g/mol. The van der Waals surface area contributed by atoms with Crippen molar-refractivity contribution in [2.45, 2.75) is 49.7 Å². The molecule has 0 saturated heterocycles. The van der Waals surface area contributed by atoms with Crippen LogP contribution in [-0.4, -0.2) is 60.6 Å². The van der Waals surface area contributed by atoms with Crippen molar-refractivity contribution in [2.24, 2.45) is 0 Å². The molecule has 39 heavy (non-hydrogen) atoms. The van der Waals surface area contributed by atoms with Crippen LogP contribution in [0, 0.1) is 5.82 Å². The molecule has 1 aromatic heterocycles. The fourth-order valence-corrected chi connectivity index (χ4v) is 5.13. The van der Waals surface area contributed by atoms with Gasteiger partial charge < -0.3 is 24.7 Å². The van der Waals surface area contributed by atoms with Crippen LogP contribution in [0.1, 0.15) is 71.6 Å². The number of nitrogens with one attached hydrogen (secondary N) is 2. The number of carbonyl (C=O) groups excluding carboxylic acids is 2. The van der Waals surface area contributed by atoms with E-state index in [0.717, 1.165) is 30.5 Å². The number of methoxy groups -OCH3 is 2. The van der Waals surface area contributed by atoms with Crippen LogP contribution < -0.4 is 5.32 Å². The molecule has 1 heterocycles. The Kier molecular flexibility index (Phi) is 9.37. The van der Waals surface area contributed by atoms with Gasteiger partial charge in [0.15, 0.2) is 5.82 Å². The van der Waals surface area contributed by atoms with Crippen LogP contribution in [0.3, 0.4) is 0 Å². The van der Waals surface area contributed by atoms with E-state index in [0.29, 0.717) is 31.5 Å². The number of hydrogen-bond acceptors (Lipinski definition) is 5. The summed E-state index contributed by atoms with van der Waals surface area (Å²) in [5.41, 5.74) is 2.35. The number of imidazole rings is 1. The van der Waals surface area contributed by atoms with Gasteiger partial charge in [-0.1, -0.05) is 41.9 Å². The molecule has 2 aromatic carbocycles. The molecular formula is C29H34ClFN4O4. The molecule has 0 bridgehead atoms. The van der Waals surface area contributed by atoms with E-state index in [2.05, 4.69) is 27.4 Å². The Labute approximate surface area is 232 Å². The zero-order valence-corrected chi connectivity index (χ0v) is 23.1. The Balaban J connectivity index is 1.42. The summed E-state index contributed by atoms with van der Waals surface area (Å²) in [6.45, 7) is 0.391. The number of ether oxygens (including phenoxy) is 2. The Hall–Kier alpha value is -3.27. The summed E-state index contributed by atoms with van der Waals surface area (Å²) < 4.78 is 26.1. The Morgan fingerprint density at radius 1 is 1.26 bits per heavy atom. The summed E-state index contributed by atoms with van der Waals surface area (Å²) in [7, 11) is 4.92. The number of nitrogens with zero attached hydrogens (tertiary/aromatic N) is 2. The summed E-state index contributed by atoms with van der Waals surface area (Å²) >= 11 is 5.97. The largest absolute Gasteiger partial charge is 0.378 e. The van der Waals surface area contributed by atoms with Gasteiger partial charge in [0.25, 0.3) is 5.91 Å². The zero-order valence-electron chi connectivity index (χ0n) is 22.4. The highest BCUT2D eigenvalue weighted by atomic mass is 35.5. The number of aromatic nitrogens is 2. The van der Waals surface area contributed by atoms with E-state index in [1.54, 1.807) is 25.3 Å². The number of anilines is 1. The van der Waals surface area contributed by atoms with Gasteiger partial charge in [-0.25, -0.2) is 9.37 Å². The Bertz CT molecular complexity index is 1280. The van der Waals surface area contributed by atoms with Crippen LogP contribution in [0.15, 0.2) is 48.7 Å². The van der Waals surface area contributed by atoms with E-state index >= 15 is 0 Å². The maximum Gasteiger partial charge on any atom is 0.289 e. The number of halogens is 2. The molecule has 1 saturated carbocycles. The fourth-order valence-electron chi connectivity index (χ4n) is 4.96. The molecule has 1 aliphatic carbocycles. The van der Waals surface area contributed by atoms with E-state index in [1.807, 2.05) is 18.2 Å². The van der Waals surface area contributed by atoms with Gasteiger partial charge in [0.05, 0.1) is 16.7 Å². The maximum absolute atomic E-state index is 14.8. The molecular weight excluding hydrogens is 523 g/mol. The molecule has 2 atom stereocenters. The number of amides is 2. The lowest BCUT2D eigenvalue weighted by Crippen LogP contribution is -2.29. The molecule has 10 heteroatoms. The molecule has 3 aromatic rings. The minimum absolute atomic E-state index is 0.0252. The number of rotatable bonds is 14. The lowest BCUT2D eigenvalue weighted by Gasteiger charge is -2.22. The van der Waals surface area contributed by atoms with E-state index in [-0.39, 0.29) is 33.8 Å². The first-order chi connectivity index (χ1) is 18.8. The second-order valence-corrected chi connectivity index (χ2v) is 10.3. The predicted molar refractivity (Wildman–Crippen MR) is 148 cm³/mol. The Morgan fingerprint density at radius 3 is 2.64 bits per heavy atom. The first kappa shape index (κ1) is 28.7. The number of benzene rings is 2. The minimum atomic E-state index is -0.660. The molecule has 8 nitrogen and oxygen atoms in total. The van der Waals surface area contributed by atoms with Crippen molar-refractivity contribution in [3.63, 3.8) is 0 Å². The van der Waals surface area contributed by atoms with Gasteiger partial charge in [-0.05, 0) is 49.8 Å². The van der Waals surface area contributed by atoms with Crippen LogP contribution >= 0.6 is 11.6 Å². The van der Waals surface area contributed by atoms with Crippen molar-refractivity contribution in [3.05, 3.63) is 82.1 Å². The average Bonchev–Trinajstić information content (AvgIpc) is 3.57. The number of carbonyl (C=O) groups is 2.